The highest BCUT2D eigenvalue weighted by molar-refractivity contribution is 9.10. The van der Waals surface area contributed by atoms with E-state index in [-0.39, 0.29) is 24.1 Å². The summed E-state index contributed by atoms with van der Waals surface area (Å²) in [6, 6.07) is 14.0. The van der Waals surface area contributed by atoms with Crippen molar-refractivity contribution in [1.82, 2.24) is 0 Å². The molecule has 0 heterocycles. The molecular formula is C21H22Br2O4. The highest BCUT2D eigenvalue weighted by Crippen LogP contribution is 2.19. The fraction of sp³-hybridized carbons (Fsp3) is 0.333. The summed E-state index contributed by atoms with van der Waals surface area (Å²) in [7, 11) is 0. The van der Waals surface area contributed by atoms with Crippen molar-refractivity contribution < 1.29 is 19.1 Å². The van der Waals surface area contributed by atoms with Gasteiger partial charge in [0.2, 0.25) is 0 Å². The van der Waals surface area contributed by atoms with E-state index in [1.54, 1.807) is 55.5 Å². The summed E-state index contributed by atoms with van der Waals surface area (Å²) >= 11 is 6.68. The quantitative estimate of drug-likeness (QED) is 0.438. The maximum atomic E-state index is 12.4. The van der Waals surface area contributed by atoms with E-state index in [0.29, 0.717) is 17.5 Å². The molecule has 0 aliphatic carbocycles. The van der Waals surface area contributed by atoms with Gasteiger partial charge in [-0.3, -0.25) is 0 Å². The number of carbonyl (C=O) groups excluding carboxylic acids is 2. The van der Waals surface area contributed by atoms with E-state index in [9.17, 15) is 9.59 Å². The van der Waals surface area contributed by atoms with E-state index in [1.165, 1.54) is 0 Å². The Kier molecular flexibility index (Phi) is 8.05. The average molecular weight is 498 g/mol. The molecule has 0 bridgehead atoms. The first-order chi connectivity index (χ1) is 12.8. The molecule has 2 aromatic rings. The van der Waals surface area contributed by atoms with Crippen LogP contribution in [-0.4, -0.2) is 24.1 Å². The third-order valence-electron chi connectivity index (χ3n) is 4.03. The first kappa shape index (κ1) is 21.6. The number of halogens is 2. The molecule has 0 saturated carbocycles. The van der Waals surface area contributed by atoms with Gasteiger partial charge < -0.3 is 9.47 Å². The van der Waals surface area contributed by atoms with Gasteiger partial charge in [-0.2, -0.15) is 0 Å². The van der Waals surface area contributed by atoms with Gasteiger partial charge in [0.15, 0.2) is 0 Å². The summed E-state index contributed by atoms with van der Waals surface area (Å²) < 4.78 is 13.0. The molecule has 2 aromatic carbocycles. The molecule has 0 aliphatic heterocycles. The Labute approximate surface area is 176 Å². The van der Waals surface area contributed by atoms with Crippen molar-refractivity contribution in [2.45, 2.75) is 39.4 Å². The Morgan fingerprint density at radius 1 is 0.778 bits per heavy atom. The summed E-state index contributed by atoms with van der Waals surface area (Å²) in [6.07, 6.45) is -0.303. The van der Waals surface area contributed by atoms with Gasteiger partial charge in [0.1, 0.15) is 12.2 Å². The zero-order valence-electron chi connectivity index (χ0n) is 15.4. The van der Waals surface area contributed by atoms with Gasteiger partial charge in [0.25, 0.3) is 0 Å². The largest absolute Gasteiger partial charge is 0.459 e. The second-order valence-corrected chi connectivity index (χ2v) is 8.48. The summed E-state index contributed by atoms with van der Waals surface area (Å²) in [5.41, 5.74) is 0.973. The van der Waals surface area contributed by atoms with Crippen molar-refractivity contribution in [3.05, 3.63) is 68.6 Å². The molecule has 0 saturated heterocycles. The minimum Gasteiger partial charge on any atom is -0.459 e. The van der Waals surface area contributed by atoms with Crippen molar-refractivity contribution in [2.24, 2.45) is 5.92 Å². The minimum absolute atomic E-state index is 0.0956. The number of ether oxygens (including phenoxy) is 2. The van der Waals surface area contributed by atoms with Gasteiger partial charge >= 0.3 is 11.9 Å². The molecule has 0 aromatic heterocycles. The lowest BCUT2D eigenvalue weighted by Crippen LogP contribution is -2.29. The maximum Gasteiger partial charge on any atom is 0.338 e. The average Bonchev–Trinajstić information content (AvgIpc) is 2.62. The van der Waals surface area contributed by atoms with Crippen LogP contribution < -0.4 is 0 Å². The van der Waals surface area contributed by atoms with Crippen LogP contribution in [0.1, 0.15) is 47.9 Å². The van der Waals surface area contributed by atoms with Gasteiger partial charge in [-0.15, -0.1) is 0 Å². The summed E-state index contributed by atoms with van der Waals surface area (Å²) in [4.78, 5) is 24.6. The fourth-order valence-corrected chi connectivity index (χ4v) is 2.99. The lowest BCUT2D eigenvalue weighted by molar-refractivity contribution is -0.00794. The van der Waals surface area contributed by atoms with Crippen LogP contribution >= 0.6 is 31.9 Å². The number of carbonyl (C=O) groups is 2. The predicted molar refractivity (Wildman–Crippen MR) is 112 cm³/mol. The number of hydrogen-bond donors (Lipinski definition) is 0. The lowest BCUT2D eigenvalue weighted by atomic mass is 10.0. The van der Waals surface area contributed by atoms with Crippen molar-refractivity contribution in [3.63, 3.8) is 0 Å². The van der Waals surface area contributed by atoms with E-state index < -0.39 is 5.97 Å². The number of rotatable bonds is 7. The van der Waals surface area contributed by atoms with E-state index >= 15 is 0 Å². The molecule has 0 radical (unpaired) electrons. The van der Waals surface area contributed by atoms with Crippen LogP contribution in [0.3, 0.4) is 0 Å². The van der Waals surface area contributed by atoms with E-state index in [0.717, 1.165) is 8.95 Å². The zero-order chi connectivity index (χ0) is 20.0. The normalized spacial score (nSPS) is 13.1. The standard InChI is InChI=1S/C21H22Br2O4/c1-13(2)19(27-21(25)16-6-10-18(23)11-7-16)12-14(3)26-20(24)15-4-8-17(22)9-5-15/h4-11,13-14,19H,12H2,1-3H3/t14-,19+/m1/s1. The predicted octanol–water partition coefficient (Wildman–Crippen LogP) is 6.03. The molecule has 0 N–H and O–H groups in total. The Morgan fingerprint density at radius 2 is 1.19 bits per heavy atom. The molecule has 0 aliphatic rings. The zero-order valence-corrected chi connectivity index (χ0v) is 18.6. The molecule has 0 fully saturated rings. The van der Waals surface area contributed by atoms with Crippen LogP contribution in [0.25, 0.3) is 0 Å². The van der Waals surface area contributed by atoms with Gasteiger partial charge in [-0.05, 0) is 61.4 Å². The molecular weight excluding hydrogens is 476 g/mol. The summed E-state index contributed by atoms with van der Waals surface area (Å²) in [5.74, 6) is -0.678. The molecule has 2 rings (SSSR count). The topological polar surface area (TPSA) is 52.6 Å². The summed E-state index contributed by atoms with van der Waals surface area (Å²) in [6.45, 7) is 5.76. The van der Waals surface area contributed by atoms with Crippen LogP contribution in [0.15, 0.2) is 57.5 Å². The SMILES string of the molecule is CC(C)[C@H](C[C@@H](C)OC(=O)c1ccc(Br)cc1)OC(=O)c1ccc(Br)cc1. The second kappa shape index (κ2) is 10.0. The Morgan fingerprint density at radius 3 is 1.59 bits per heavy atom. The highest BCUT2D eigenvalue weighted by atomic mass is 79.9. The molecule has 0 amide bonds. The highest BCUT2D eigenvalue weighted by Gasteiger charge is 2.24. The van der Waals surface area contributed by atoms with Gasteiger partial charge in [-0.1, -0.05) is 45.7 Å². The Bertz CT molecular complexity index is 770. The first-order valence-electron chi connectivity index (χ1n) is 8.69. The Hall–Kier alpha value is -1.66. The molecule has 6 heteroatoms. The lowest BCUT2D eigenvalue weighted by Gasteiger charge is -2.24. The van der Waals surface area contributed by atoms with Crippen molar-refractivity contribution in [2.75, 3.05) is 0 Å². The van der Waals surface area contributed by atoms with E-state index in [2.05, 4.69) is 31.9 Å². The Balaban J connectivity index is 1.96. The maximum absolute atomic E-state index is 12.4. The van der Waals surface area contributed by atoms with E-state index in [1.807, 2.05) is 13.8 Å². The van der Waals surface area contributed by atoms with Gasteiger partial charge in [-0.25, -0.2) is 9.59 Å². The minimum atomic E-state index is -0.392. The smallest absolute Gasteiger partial charge is 0.338 e. The third kappa shape index (κ3) is 6.78. The van der Waals surface area contributed by atoms with Crippen LogP contribution in [0, 0.1) is 5.92 Å². The third-order valence-corrected chi connectivity index (χ3v) is 5.09. The van der Waals surface area contributed by atoms with Gasteiger partial charge in [0.05, 0.1) is 11.1 Å². The van der Waals surface area contributed by atoms with Crippen molar-refractivity contribution in [1.29, 1.82) is 0 Å². The van der Waals surface area contributed by atoms with Crippen LogP contribution in [0.5, 0.6) is 0 Å². The molecule has 4 nitrogen and oxygen atoms in total. The van der Waals surface area contributed by atoms with Crippen molar-refractivity contribution >= 4 is 43.8 Å². The molecule has 144 valence electrons. The van der Waals surface area contributed by atoms with Crippen LogP contribution in [-0.2, 0) is 9.47 Å². The molecule has 0 unspecified atom stereocenters. The summed E-state index contributed by atoms with van der Waals surface area (Å²) in [5, 5.41) is 0. The van der Waals surface area contributed by atoms with Crippen LogP contribution in [0.2, 0.25) is 0 Å². The molecule has 2 atom stereocenters. The molecule has 27 heavy (non-hydrogen) atoms. The number of benzene rings is 2. The molecule has 0 spiro atoms. The van der Waals surface area contributed by atoms with Crippen LogP contribution in [0.4, 0.5) is 0 Å². The number of esters is 2. The fourth-order valence-electron chi connectivity index (χ4n) is 2.46. The van der Waals surface area contributed by atoms with E-state index in [4.69, 9.17) is 9.47 Å². The monoisotopic (exact) mass is 496 g/mol. The van der Waals surface area contributed by atoms with Gasteiger partial charge in [0, 0.05) is 15.4 Å². The van der Waals surface area contributed by atoms with Crippen molar-refractivity contribution in [3.8, 4) is 0 Å². The first-order valence-corrected chi connectivity index (χ1v) is 10.3. The number of hydrogen-bond acceptors (Lipinski definition) is 4. The second-order valence-electron chi connectivity index (χ2n) is 6.65.